The molecule has 0 saturated heterocycles. The molecule has 0 radical (unpaired) electrons. The number of carbonyl (C=O) groups excluding carboxylic acids is 2. The molecule has 0 fully saturated rings. The summed E-state index contributed by atoms with van der Waals surface area (Å²) in [5.41, 5.74) is 1.04. The van der Waals surface area contributed by atoms with Crippen molar-refractivity contribution in [3.05, 3.63) is 59.4 Å². The van der Waals surface area contributed by atoms with E-state index in [-0.39, 0.29) is 36.8 Å². The maximum Gasteiger partial charge on any atom is 0.255 e. The smallest absolute Gasteiger partial charge is 0.255 e. The van der Waals surface area contributed by atoms with Crippen LogP contribution in [0.3, 0.4) is 0 Å². The van der Waals surface area contributed by atoms with E-state index in [2.05, 4.69) is 10.0 Å². The highest BCUT2D eigenvalue weighted by Gasteiger charge is 2.16. The highest BCUT2D eigenvalue weighted by atomic mass is 32.2. The second-order valence-corrected chi connectivity index (χ2v) is 10.0. The summed E-state index contributed by atoms with van der Waals surface area (Å²) in [6, 6.07) is 9.94. The van der Waals surface area contributed by atoms with E-state index in [4.69, 9.17) is 0 Å². The first-order chi connectivity index (χ1) is 14.9. The van der Waals surface area contributed by atoms with Crippen LogP contribution in [0.25, 0.3) is 0 Å². The molecule has 0 aliphatic heterocycles. The van der Waals surface area contributed by atoms with Crippen LogP contribution in [0, 0.1) is 18.7 Å². The van der Waals surface area contributed by atoms with Gasteiger partial charge < -0.3 is 10.2 Å². The Kier molecular flexibility index (Phi) is 10.8. The normalized spacial score (nSPS) is 10.9. The molecule has 2 aromatic rings. The first kappa shape index (κ1) is 27.6. The van der Waals surface area contributed by atoms with Gasteiger partial charge in [-0.05, 0) is 55.1 Å². The van der Waals surface area contributed by atoms with Crippen molar-refractivity contribution in [1.29, 1.82) is 0 Å². The highest BCUT2D eigenvalue weighted by molar-refractivity contribution is 7.99. The molecule has 0 spiro atoms. The van der Waals surface area contributed by atoms with Gasteiger partial charge in [0.2, 0.25) is 15.9 Å². The second-order valence-electron chi connectivity index (χ2n) is 7.41. The number of benzene rings is 2. The lowest BCUT2D eigenvalue weighted by atomic mass is 10.2. The molecule has 0 heterocycles. The molecule has 0 aliphatic carbocycles. The van der Waals surface area contributed by atoms with Crippen LogP contribution in [-0.2, 0) is 14.8 Å². The number of halogens is 1. The van der Waals surface area contributed by atoms with Crippen LogP contribution in [0.15, 0.2) is 47.4 Å². The summed E-state index contributed by atoms with van der Waals surface area (Å²) in [4.78, 5) is 24.7. The van der Waals surface area contributed by atoms with Crippen LogP contribution in [0.4, 0.5) is 10.1 Å². The molecule has 0 aromatic heterocycles. The standard InChI is InChI=1S/C16H17FN2O3S2.C6H13NO.2H2/c1-11-8-13(6-7-15(11)17)19-16(20)12-4-3-5-14(9-12)24(21,22)18-10-23-2;1-5(2)6(8)7(3)4;;/h3-9,18H,10H2,1-2H3,(H,19,20);5H,1-4H3;2*1H. The first-order valence-electron chi connectivity index (χ1n) is 9.76. The van der Waals surface area contributed by atoms with Gasteiger partial charge in [-0.1, -0.05) is 19.9 Å². The fraction of sp³-hybridized carbons (Fsp3) is 0.364. The molecule has 2 N–H and O–H groups in total. The first-order valence-corrected chi connectivity index (χ1v) is 12.6. The minimum Gasteiger partial charge on any atom is -0.349 e. The van der Waals surface area contributed by atoms with Crippen molar-refractivity contribution < 1.29 is 25.3 Å². The maximum atomic E-state index is 13.3. The SMILES string of the molecule is CC(C)C(=O)N(C)C.CSCNS(=O)(=O)c1cccc(C(=O)Nc2ccc(F)c(C)c2)c1.[HH].[HH]. The number of amides is 2. The third-order valence-electron chi connectivity index (χ3n) is 4.15. The Morgan fingerprint density at radius 1 is 1.16 bits per heavy atom. The third kappa shape index (κ3) is 8.60. The number of nitrogens with zero attached hydrogens (tertiary/aromatic N) is 1. The number of rotatable bonds is 7. The van der Waals surface area contributed by atoms with Crippen LogP contribution in [0.1, 0.15) is 32.6 Å². The summed E-state index contributed by atoms with van der Waals surface area (Å²) < 4.78 is 39.9. The van der Waals surface area contributed by atoms with Crippen LogP contribution >= 0.6 is 11.8 Å². The summed E-state index contributed by atoms with van der Waals surface area (Å²) in [6.07, 6.45) is 1.77. The number of anilines is 1. The summed E-state index contributed by atoms with van der Waals surface area (Å²) >= 11 is 1.34. The Hall–Kier alpha value is -2.43. The van der Waals surface area contributed by atoms with E-state index in [0.29, 0.717) is 11.3 Å². The van der Waals surface area contributed by atoms with Gasteiger partial charge >= 0.3 is 0 Å². The molecule has 32 heavy (non-hydrogen) atoms. The topological polar surface area (TPSA) is 95.6 Å². The van der Waals surface area contributed by atoms with E-state index in [1.54, 1.807) is 32.2 Å². The Labute approximate surface area is 196 Å². The summed E-state index contributed by atoms with van der Waals surface area (Å²) in [5.74, 6) is -0.271. The van der Waals surface area contributed by atoms with E-state index in [9.17, 15) is 22.4 Å². The lowest BCUT2D eigenvalue weighted by molar-refractivity contribution is -0.131. The molecule has 0 atom stereocenters. The number of hydrogen-bond acceptors (Lipinski definition) is 5. The molecule has 2 amide bonds. The molecule has 0 bridgehead atoms. The molecule has 7 nitrogen and oxygen atoms in total. The van der Waals surface area contributed by atoms with Gasteiger partial charge in [0.1, 0.15) is 5.82 Å². The molecule has 10 heteroatoms. The van der Waals surface area contributed by atoms with E-state index >= 15 is 0 Å². The maximum absolute atomic E-state index is 13.3. The van der Waals surface area contributed by atoms with Gasteiger partial charge in [-0.2, -0.15) is 0 Å². The molecular formula is C22H34FN3O4S2. The molecule has 180 valence electrons. The molecule has 0 aliphatic rings. The predicted octanol–water partition coefficient (Wildman–Crippen LogP) is 4.21. The Morgan fingerprint density at radius 2 is 1.81 bits per heavy atom. The second kappa shape index (κ2) is 12.6. The van der Waals surface area contributed by atoms with Crippen LogP contribution in [0.5, 0.6) is 0 Å². The van der Waals surface area contributed by atoms with Crippen LogP contribution < -0.4 is 10.0 Å². The fourth-order valence-electron chi connectivity index (χ4n) is 2.47. The molecular weight excluding hydrogens is 453 g/mol. The van der Waals surface area contributed by atoms with E-state index in [1.165, 1.54) is 54.2 Å². The highest BCUT2D eigenvalue weighted by Crippen LogP contribution is 2.17. The fourth-order valence-corrected chi connectivity index (χ4v) is 4.26. The minimum absolute atomic E-state index is 0. The van der Waals surface area contributed by atoms with Gasteiger partial charge in [-0.25, -0.2) is 17.5 Å². The molecule has 2 rings (SSSR count). The largest absolute Gasteiger partial charge is 0.349 e. The van der Waals surface area contributed by atoms with Gasteiger partial charge in [0.15, 0.2) is 0 Å². The van der Waals surface area contributed by atoms with E-state index in [0.717, 1.165) is 0 Å². The lowest BCUT2D eigenvalue weighted by Gasteiger charge is -2.11. The third-order valence-corrected chi connectivity index (χ3v) is 6.16. The number of thioether (sulfide) groups is 1. The van der Waals surface area contributed by atoms with Crippen molar-refractivity contribution in [2.24, 2.45) is 5.92 Å². The number of aryl methyl sites for hydroxylation is 1. The van der Waals surface area contributed by atoms with E-state index < -0.39 is 15.9 Å². The minimum atomic E-state index is -3.66. The summed E-state index contributed by atoms with van der Waals surface area (Å²) in [6.45, 7) is 5.38. The predicted molar refractivity (Wildman–Crippen MR) is 132 cm³/mol. The van der Waals surface area contributed by atoms with Crippen molar-refractivity contribution >= 4 is 39.3 Å². The van der Waals surface area contributed by atoms with Crippen molar-refractivity contribution in [3.63, 3.8) is 0 Å². The zero-order chi connectivity index (χ0) is 24.5. The number of hydrogen-bond donors (Lipinski definition) is 2. The van der Waals surface area contributed by atoms with Crippen molar-refractivity contribution in [3.8, 4) is 0 Å². The van der Waals surface area contributed by atoms with Gasteiger partial charge in [0.25, 0.3) is 5.91 Å². The molecule has 2 aromatic carbocycles. The van der Waals surface area contributed by atoms with Gasteiger partial charge in [-0.3, -0.25) is 9.59 Å². The average Bonchev–Trinajstić information content (AvgIpc) is 2.74. The van der Waals surface area contributed by atoms with Crippen molar-refractivity contribution in [1.82, 2.24) is 9.62 Å². The van der Waals surface area contributed by atoms with Gasteiger partial charge in [0, 0.05) is 34.1 Å². The van der Waals surface area contributed by atoms with Crippen molar-refractivity contribution in [2.45, 2.75) is 25.7 Å². The van der Waals surface area contributed by atoms with Crippen LogP contribution in [-0.4, -0.2) is 51.4 Å². The zero-order valence-corrected chi connectivity index (χ0v) is 20.7. The van der Waals surface area contributed by atoms with E-state index in [1.807, 2.05) is 13.8 Å². The number of sulfonamides is 1. The summed E-state index contributed by atoms with van der Waals surface area (Å²) in [7, 11) is -0.132. The number of nitrogens with one attached hydrogen (secondary N) is 2. The monoisotopic (exact) mass is 487 g/mol. The molecule has 0 unspecified atom stereocenters. The van der Waals surface area contributed by atoms with Gasteiger partial charge in [-0.15, -0.1) is 11.8 Å². The molecule has 0 saturated carbocycles. The Morgan fingerprint density at radius 3 is 2.31 bits per heavy atom. The van der Waals surface area contributed by atoms with Gasteiger partial charge in [0.05, 0.1) is 10.8 Å². The Balaban J connectivity index is 0. The average molecular weight is 488 g/mol. The van der Waals surface area contributed by atoms with Crippen molar-refractivity contribution in [2.75, 3.05) is 31.5 Å². The van der Waals surface area contributed by atoms with Crippen LogP contribution in [0.2, 0.25) is 0 Å². The summed E-state index contributed by atoms with van der Waals surface area (Å²) in [5, 5.41) is 2.62. The Bertz CT molecular complexity index is 1040. The lowest BCUT2D eigenvalue weighted by Crippen LogP contribution is -2.26. The number of carbonyl (C=O) groups is 2. The zero-order valence-electron chi connectivity index (χ0n) is 19.1. The quantitative estimate of drug-likeness (QED) is 0.571.